The lowest BCUT2D eigenvalue weighted by Crippen LogP contribution is -2.09. The summed E-state index contributed by atoms with van der Waals surface area (Å²) in [6.45, 7) is 7.57. The minimum absolute atomic E-state index is 0.0840. The molecular weight excluding hydrogens is 428 g/mol. The number of esters is 3. The third kappa shape index (κ3) is 9.73. The molecule has 8 heteroatoms. The molecule has 0 atom stereocenters. The summed E-state index contributed by atoms with van der Waals surface area (Å²) in [5.41, 5.74) is 0.353. The minimum atomic E-state index is -0.515. The van der Waals surface area contributed by atoms with Gasteiger partial charge in [0.15, 0.2) is 0 Å². The molecule has 2 aromatic carbocycles. The third-order valence-corrected chi connectivity index (χ3v) is 4.13. The summed E-state index contributed by atoms with van der Waals surface area (Å²) in [6.07, 6.45) is 3.68. The number of ether oxygens (including phenoxy) is 5. The molecule has 174 valence electrons. The fourth-order valence-electron chi connectivity index (χ4n) is 2.49. The maximum absolute atomic E-state index is 12.3. The van der Waals surface area contributed by atoms with Crippen molar-refractivity contribution in [2.75, 3.05) is 19.8 Å². The Morgan fingerprint density at radius 1 is 0.758 bits per heavy atom. The lowest BCUT2D eigenvalue weighted by atomic mass is 10.2. The fraction of sp³-hybridized carbons (Fsp3) is 0.240. The van der Waals surface area contributed by atoms with Gasteiger partial charge >= 0.3 is 17.9 Å². The van der Waals surface area contributed by atoms with E-state index in [2.05, 4.69) is 17.9 Å². The van der Waals surface area contributed by atoms with Crippen LogP contribution >= 0.6 is 0 Å². The van der Waals surface area contributed by atoms with E-state index >= 15 is 0 Å². The molecule has 0 N–H and O–H groups in total. The Morgan fingerprint density at radius 2 is 1.33 bits per heavy atom. The summed E-state index contributed by atoms with van der Waals surface area (Å²) in [5, 5.41) is 0. The van der Waals surface area contributed by atoms with E-state index in [-0.39, 0.29) is 13.0 Å². The molecule has 0 fully saturated rings. The van der Waals surface area contributed by atoms with Gasteiger partial charge in [-0.3, -0.25) is 4.79 Å². The van der Waals surface area contributed by atoms with Crippen molar-refractivity contribution >= 4 is 17.9 Å². The lowest BCUT2D eigenvalue weighted by Gasteiger charge is -2.09. The van der Waals surface area contributed by atoms with Crippen LogP contribution in [0.4, 0.5) is 0 Å². The summed E-state index contributed by atoms with van der Waals surface area (Å²) in [7, 11) is 0. The normalized spacial score (nSPS) is 9.94. The Labute approximate surface area is 192 Å². The molecule has 0 aromatic heterocycles. The molecule has 2 aromatic rings. The van der Waals surface area contributed by atoms with Crippen molar-refractivity contribution in [3.05, 3.63) is 79.6 Å². The maximum Gasteiger partial charge on any atom is 0.343 e. The second-order valence-electron chi connectivity index (χ2n) is 6.57. The number of benzene rings is 2. The van der Waals surface area contributed by atoms with Gasteiger partial charge in [-0.25, -0.2) is 9.59 Å². The minimum Gasteiger partial charge on any atom is -0.494 e. The number of unbranched alkanes of at least 4 members (excludes halogenated alkanes) is 1. The van der Waals surface area contributed by atoms with Crippen LogP contribution in [0.15, 0.2) is 74.0 Å². The first kappa shape index (κ1) is 25.2. The number of carbonyl (C=O) groups is 3. The molecule has 0 unspecified atom stereocenters. The molecule has 8 nitrogen and oxygen atoms in total. The van der Waals surface area contributed by atoms with Gasteiger partial charge in [0.05, 0.1) is 38.1 Å². The molecule has 2 rings (SSSR count). The van der Waals surface area contributed by atoms with Crippen molar-refractivity contribution < 1.29 is 38.1 Å². The molecule has 0 amide bonds. The summed E-state index contributed by atoms with van der Waals surface area (Å²) in [4.78, 5) is 34.5. The average molecular weight is 454 g/mol. The Kier molecular flexibility index (Phi) is 10.7. The average Bonchev–Trinajstić information content (AvgIpc) is 2.82. The third-order valence-electron chi connectivity index (χ3n) is 4.13. The summed E-state index contributed by atoms with van der Waals surface area (Å²) in [6, 6.07) is 13.1. The number of carbonyl (C=O) groups excluding carboxylic acids is 3. The van der Waals surface area contributed by atoms with E-state index in [0.29, 0.717) is 42.4 Å². The molecule has 0 saturated carbocycles. The SMILES string of the molecule is C=COC(=O)CCOc1ccc(C(=O)Oc2ccc(OCCCCOC(=O)C=C)cc2)cc1. The van der Waals surface area contributed by atoms with Gasteiger partial charge in [-0.2, -0.15) is 0 Å². The smallest absolute Gasteiger partial charge is 0.343 e. The van der Waals surface area contributed by atoms with E-state index in [9.17, 15) is 14.4 Å². The first-order valence-corrected chi connectivity index (χ1v) is 10.3. The lowest BCUT2D eigenvalue weighted by molar-refractivity contribution is -0.139. The molecule has 0 spiro atoms. The van der Waals surface area contributed by atoms with Gasteiger partial charge in [0.2, 0.25) is 0 Å². The van der Waals surface area contributed by atoms with Crippen LogP contribution in [0.5, 0.6) is 17.2 Å². The summed E-state index contributed by atoms with van der Waals surface area (Å²) < 4.78 is 25.9. The molecule has 0 saturated heterocycles. The summed E-state index contributed by atoms with van der Waals surface area (Å²) in [5.74, 6) is 0.139. The van der Waals surface area contributed by atoms with Gasteiger partial charge < -0.3 is 23.7 Å². The standard InChI is InChI=1S/C25H26O8/c1-3-23(26)32-17-6-5-16-30-21-11-13-22(14-12-21)33-25(28)19-7-9-20(10-8-19)31-18-15-24(27)29-4-2/h3-4,7-14H,1-2,5-6,15-18H2. The predicted octanol–water partition coefficient (Wildman–Crippen LogP) is 4.25. The van der Waals surface area contributed by atoms with Crippen molar-refractivity contribution in [1.29, 1.82) is 0 Å². The molecule has 33 heavy (non-hydrogen) atoms. The van der Waals surface area contributed by atoms with Gasteiger partial charge in [0, 0.05) is 6.08 Å². The van der Waals surface area contributed by atoms with Crippen molar-refractivity contribution in [1.82, 2.24) is 0 Å². The molecular formula is C25H26O8. The monoisotopic (exact) mass is 454 g/mol. The van der Waals surface area contributed by atoms with Gasteiger partial charge in [-0.15, -0.1) is 0 Å². The Morgan fingerprint density at radius 3 is 1.97 bits per heavy atom. The van der Waals surface area contributed by atoms with E-state index < -0.39 is 17.9 Å². The summed E-state index contributed by atoms with van der Waals surface area (Å²) >= 11 is 0. The quantitative estimate of drug-likeness (QED) is 0.137. The zero-order chi connectivity index (χ0) is 23.9. The molecule has 0 aliphatic rings. The highest BCUT2D eigenvalue weighted by molar-refractivity contribution is 5.91. The largest absolute Gasteiger partial charge is 0.494 e. The zero-order valence-electron chi connectivity index (χ0n) is 18.2. The Balaban J connectivity index is 1.71. The molecule has 0 aliphatic heterocycles. The second kappa shape index (κ2) is 14.1. The first-order valence-electron chi connectivity index (χ1n) is 10.3. The molecule has 0 aliphatic carbocycles. The van der Waals surface area contributed by atoms with Crippen LogP contribution < -0.4 is 14.2 Å². The fourth-order valence-corrected chi connectivity index (χ4v) is 2.49. The molecule has 0 radical (unpaired) electrons. The number of hydrogen-bond donors (Lipinski definition) is 0. The highest BCUT2D eigenvalue weighted by atomic mass is 16.5. The van der Waals surface area contributed by atoms with Gasteiger partial charge in [-0.1, -0.05) is 13.2 Å². The number of hydrogen-bond acceptors (Lipinski definition) is 8. The van der Waals surface area contributed by atoms with Crippen LogP contribution in [0.2, 0.25) is 0 Å². The second-order valence-corrected chi connectivity index (χ2v) is 6.57. The van der Waals surface area contributed by atoms with Crippen LogP contribution in [0.1, 0.15) is 29.6 Å². The van der Waals surface area contributed by atoms with Crippen molar-refractivity contribution in [3.63, 3.8) is 0 Å². The molecule has 0 bridgehead atoms. The van der Waals surface area contributed by atoms with E-state index in [0.717, 1.165) is 18.8 Å². The van der Waals surface area contributed by atoms with Gasteiger partial charge in [-0.05, 0) is 61.4 Å². The van der Waals surface area contributed by atoms with Crippen LogP contribution in [0.25, 0.3) is 0 Å². The Bertz CT molecular complexity index is 932. The predicted molar refractivity (Wildman–Crippen MR) is 120 cm³/mol. The number of rotatable bonds is 14. The zero-order valence-corrected chi connectivity index (χ0v) is 18.2. The van der Waals surface area contributed by atoms with Crippen LogP contribution in [0.3, 0.4) is 0 Å². The van der Waals surface area contributed by atoms with Gasteiger partial charge in [0.25, 0.3) is 0 Å². The van der Waals surface area contributed by atoms with Crippen molar-refractivity contribution in [3.8, 4) is 17.2 Å². The highest BCUT2D eigenvalue weighted by Crippen LogP contribution is 2.20. The highest BCUT2D eigenvalue weighted by Gasteiger charge is 2.09. The van der Waals surface area contributed by atoms with E-state index in [1.807, 2.05) is 0 Å². The van der Waals surface area contributed by atoms with E-state index in [4.69, 9.17) is 18.9 Å². The Hall–Kier alpha value is -4.07. The van der Waals surface area contributed by atoms with Crippen molar-refractivity contribution in [2.24, 2.45) is 0 Å². The van der Waals surface area contributed by atoms with Gasteiger partial charge in [0.1, 0.15) is 17.2 Å². The van der Waals surface area contributed by atoms with E-state index in [1.54, 1.807) is 48.5 Å². The van der Waals surface area contributed by atoms with Crippen LogP contribution in [-0.4, -0.2) is 37.7 Å². The van der Waals surface area contributed by atoms with Crippen LogP contribution in [-0.2, 0) is 19.1 Å². The van der Waals surface area contributed by atoms with E-state index in [1.165, 1.54) is 0 Å². The first-order chi connectivity index (χ1) is 16.0. The maximum atomic E-state index is 12.3. The topological polar surface area (TPSA) is 97.4 Å². The molecule has 0 heterocycles. The van der Waals surface area contributed by atoms with Crippen LogP contribution in [0, 0.1) is 0 Å². The van der Waals surface area contributed by atoms with Crippen molar-refractivity contribution in [2.45, 2.75) is 19.3 Å².